The summed E-state index contributed by atoms with van der Waals surface area (Å²) in [5.41, 5.74) is 2.88. The predicted molar refractivity (Wildman–Crippen MR) is 133 cm³/mol. The van der Waals surface area contributed by atoms with Gasteiger partial charge in [0.25, 0.3) is 0 Å². The van der Waals surface area contributed by atoms with E-state index in [1.165, 1.54) is 0 Å². The summed E-state index contributed by atoms with van der Waals surface area (Å²) in [5.74, 6) is 1.03. The molecule has 0 saturated heterocycles. The molecular formula is C22H30BrN7O. The van der Waals surface area contributed by atoms with Gasteiger partial charge in [0.2, 0.25) is 11.9 Å². The first-order chi connectivity index (χ1) is 14.6. The van der Waals surface area contributed by atoms with Gasteiger partial charge in [-0.1, -0.05) is 15.9 Å². The molecule has 0 saturated carbocycles. The van der Waals surface area contributed by atoms with Gasteiger partial charge < -0.3 is 20.6 Å². The lowest BCUT2D eigenvalue weighted by molar-refractivity contribution is 0.0809. The highest BCUT2D eigenvalue weighted by molar-refractivity contribution is 9.11. The molecule has 0 spiro atoms. The topological polar surface area (TPSA) is 98.0 Å². The van der Waals surface area contributed by atoms with Crippen LogP contribution in [0.2, 0.25) is 0 Å². The van der Waals surface area contributed by atoms with Crippen LogP contribution in [-0.4, -0.2) is 53.5 Å². The molecule has 8 nitrogen and oxygen atoms in total. The number of anilines is 3. The van der Waals surface area contributed by atoms with E-state index in [-0.39, 0.29) is 0 Å². The van der Waals surface area contributed by atoms with E-state index in [9.17, 15) is 5.11 Å². The van der Waals surface area contributed by atoms with Gasteiger partial charge in [-0.3, -0.25) is 0 Å². The number of aliphatic hydroxyl groups is 1. The van der Waals surface area contributed by atoms with E-state index >= 15 is 0 Å². The third-order valence-electron chi connectivity index (χ3n) is 4.11. The van der Waals surface area contributed by atoms with Crippen molar-refractivity contribution in [3.8, 4) is 0 Å². The van der Waals surface area contributed by atoms with Crippen molar-refractivity contribution in [2.75, 3.05) is 30.4 Å². The van der Waals surface area contributed by atoms with E-state index in [2.05, 4.69) is 53.2 Å². The maximum absolute atomic E-state index is 9.73. The molecule has 2 rings (SSSR count). The quantitative estimate of drug-likeness (QED) is 0.385. The van der Waals surface area contributed by atoms with Gasteiger partial charge in [0.1, 0.15) is 0 Å². The molecule has 0 atom stereocenters. The summed E-state index contributed by atoms with van der Waals surface area (Å²) in [6, 6.07) is 9.74. The van der Waals surface area contributed by atoms with Crippen LogP contribution in [0.3, 0.4) is 0 Å². The average Bonchev–Trinajstić information content (AvgIpc) is 2.69. The Balaban J connectivity index is 2.02. The summed E-state index contributed by atoms with van der Waals surface area (Å²) in [6.45, 7) is 12.0. The number of aryl methyl sites for hydroxylation is 2. The van der Waals surface area contributed by atoms with Crippen molar-refractivity contribution in [2.45, 2.75) is 33.3 Å². The Hall–Kier alpha value is -2.62. The molecule has 1 heterocycles. The number of nitrogens with zero attached hydrogens (tertiary/aromatic N) is 5. The van der Waals surface area contributed by atoms with Crippen LogP contribution in [0, 0.1) is 13.8 Å². The first-order valence-electron chi connectivity index (χ1n) is 9.82. The smallest absolute Gasteiger partial charge is 0.230 e. The van der Waals surface area contributed by atoms with Crippen molar-refractivity contribution in [2.24, 2.45) is 9.98 Å². The SMILES string of the molecule is C=NC(=N/C=C(/Br)CNCC(C)(C)O)Nc1ccc(N(C)c2nc(C)cc(C)n2)cc1. The van der Waals surface area contributed by atoms with Crippen LogP contribution in [0.25, 0.3) is 0 Å². The molecule has 0 fully saturated rings. The van der Waals surface area contributed by atoms with Crippen LogP contribution in [0.4, 0.5) is 17.3 Å². The fourth-order valence-electron chi connectivity index (χ4n) is 2.65. The monoisotopic (exact) mass is 487 g/mol. The minimum atomic E-state index is -0.767. The molecule has 0 radical (unpaired) electrons. The van der Waals surface area contributed by atoms with Gasteiger partial charge in [-0.05, 0) is 64.7 Å². The third kappa shape index (κ3) is 8.56. The van der Waals surface area contributed by atoms with E-state index in [0.717, 1.165) is 27.2 Å². The van der Waals surface area contributed by atoms with Crippen LogP contribution < -0.4 is 15.5 Å². The molecule has 1 aromatic carbocycles. The second kappa shape index (κ2) is 11.1. The van der Waals surface area contributed by atoms with Crippen LogP contribution in [0.1, 0.15) is 25.2 Å². The average molecular weight is 488 g/mol. The molecule has 3 N–H and O–H groups in total. The van der Waals surface area contributed by atoms with Crippen molar-refractivity contribution < 1.29 is 5.11 Å². The highest BCUT2D eigenvalue weighted by Gasteiger charge is 2.11. The lowest BCUT2D eigenvalue weighted by atomic mass is 10.1. The molecule has 0 amide bonds. The van der Waals surface area contributed by atoms with Crippen LogP contribution in [-0.2, 0) is 0 Å². The van der Waals surface area contributed by atoms with Gasteiger partial charge >= 0.3 is 0 Å². The summed E-state index contributed by atoms with van der Waals surface area (Å²) in [6.07, 6.45) is 1.65. The maximum Gasteiger partial charge on any atom is 0.230 e. The van der Waals surface area contributed by atoms with Crippen molar-refractivity contribution in [3.05, 3.63) is 52.4 Å². The molecule has 9 heteroatoms. The van der Waals surface area contributed by atoms with Crippen molar-refractivity contribution in [3.63, 3.8) is 0 Å². The number of guanidine groups is 1. The fourth-order valence-corrected chi connectivity index (χ4v) is 2.95. The normalized spacial score (nSPS) is 12.6. The van der Waals surface area contributed by atoms with E-state index in [4.69, 9.17) is 0 Å². The Kier molecular flexibility index (Phi) is 8.85. The van der Waals surface area contributed by atoms with Crippen molar-refractivity contribution >= 4 is 45.9 Å². The first kappa shape index (κ1) is 24.6. The zero-order valence-corrected chi connectivity index (χ0v) is 20.2. The maximum atomic E-state index is 9.73. The zero-order chi connectivity index (χ0) is 23.0. The highest BCUT2D eigenvalue weighted by Crippen LogP contribution is 2.22. The fraction of sp³-hybridized carbons (Fsp3) is 0.364. The van der Waals surface area contributed by atoms with Crippen LogP contribution >= 0.6 is 15.9 Å². The lowest BCUT2D eigenvalue weighted by Gasteiger charge is -2.18. The van der Waals surface area contributed by atoms with E-state index in [0.29, 0.717) is 25.0 Å². The van der Waals surface area contributed by atoms with Gasteiger partial charge in [-0.15, -0.1) is 0 Å². The number of rotatable bonds is 8. The Bertz CT molecular complexity index is 929. The van der Waals surface area contributed by atoms with Crippen LogP contribution in [0.15, 0.2) is 51.0 Å². The Morgan fingerprint density at radius 3 is 2.39 bits per heavy atom. The number of benzene rings is 1. The molecule has 0 bridgehead atoms. The number of aliphatic imine (C=N–C) groups is 2. The number of hydrogen-bond donors (Lipinski definition) is 3. The summed E-state index contributed by atoms with van der Waals surface area (Å²) in [7, 11) is 1.93. The van der Waals surface area contributed by atoms with Gasteiger partial charge in [-0.25, -0.2) is 20.0 Å². The van der Waals surface area contributed by atoms with Crippen molar-refractivity contribution in [1.82, 2.24) is 15.3 Å². The van der Waals surface area contributed by atoms with E-state index < -0.39 is 5.60 Å². The second-order valence-corrected chi connectivity index (χ2v) is 8.80. The largest absolute Gasteiger partial charge is 0.389 e. The molecule has 2 aromatic rings. The Morgan fingerprint density at radius 2 is 1.84 bits per heavy atom. The summed E-state index contributed by atoms with van der Waals surface area (Å²) < 4.78 is 0.824. The number of halogens is 1. The van der Waals surface area contributed by atoms with Gasteiger partial charge in [0.05, 0.1) is 5.60 Å². The molecule has 0 aliphatic carbocycles. The number of nitrogens with one attached hydrogen (secondary N) is 2. The number of aromatic nitrogens is 2. The molecular weight excluding hydrogens is 458 g/mol. The van der Waals surface area contributed by atoms with Crippen molar-refractivity contribution in [1.29, 1.82) is 0 Å². The molecule has 0 aliphatic rings. The molecule has 1 aromatic heterocycles. The molecule has 31 heavy (non-hydrogen) atoms. The minimum absolute atomic E-state index is 0.373. The van der Waals surface area contributed by atoms with Gasteiger partial charge in [0, 0.05) is 53.6 Å². The highest BCUT2D eigenvalue weighted by atomic mass is 79.9. The predicted octanol–water partition coefficient (Wildman–Crippen LogP) is 3.93. The first-order valence-corrected chi connectivity index (χ1v) is 10.6. The standard InChI is InChI=1S/C22H30BrN7O/c1-15-11-16(2)28-21(27-15)30(6)19-9-7-18(8-10-19)29-20(24-5)26-13-17(23)12-25-14-22(3,4)31/h7-11,13,25,31H,5,12,14H2,1-4,6H3,(H,26,29)/b17-13+. The summed E-state index contributed by atoms with van der Waals surface area (Å²) in [4.78, 5) is 19.2. The Labute approximate surface area is 192 Å². The number of hydrogen-bond acceptors (Lipinski definition) is 6. The third-order valence-corrected chi connectivity index (χ3v) is 4.59. The minimum Gasteiger partial charge on any atom is -0.389 e. The van der Waals surface area contributed by atoms with Gasteiger partial charge in [-0.2, -0.15) is 0 Å². The Morgan fingerprint density at radius 1 is 1.23 bits per heavy atom. The zero-order valence-electron chi connectivity index (χ0n) is 18.6. The molecule has 166 valence electrons. The second-order valence-electron chi connectivity index (χ2n) is 7.78. The van der Waals surface area contributed by atoms with E-state index in [1.807, 2.05) is 56.1 Å². The van der Waals surface area contributed by atoms with Gasteiger partial charge in [0.15, 0.2) is 0 Å². The summed E-state index contributed by atoms with van der Waals surface area (Å²) >= 11 is 3.45. The lowest BCUT2D eigenvalue weighted by Crippen LogP contribution is -2.35. The molecule has 0 unspecified atom stereocenters. The molecule has 0 aliphatic heterocycles. The van der Waals surface area contributed by atoms with Crippen LogP contribution in [0.5, 0.6) is 0 Å². The van der Waals surface area contributed by atoms with E-state index in [1.54, 1.807) is 20.0 Å². The summed E-state index contributed by atoms with van der Waals surface area (Å²) in [5, 5.41) is 16.0.